The van der Waals surface area contributed by atoms with Gasteiger partial charge in [0.2, 0.25) is 11.5 Å². The second kappa shape index (κ2) is 38.4. The van der Waals surface area contributed by atoms with Gasteiger partial charge in [-0.3, -0.25) is 4.79 Å². The molecule has 60 heavy (non-hydrogen) atoms. The number of halogens is 3. The van der Waals surface area contributed by atoms with Gasteiger partial charge >= 0.3 is 89.2 Å². The zero-order valence-electron chi connectivity index (χ0n) is 35.4. The number of fused-ring (bicyclic) bond motifs is 1. The van der Waals surface area contributed by atoms with Crippen LogP contribution in [0.1, 0.15) is 105 Å². The van der Waals surface area contributed by atoms with Crippen LogP contribution in [0, 0.1) is 0 Å². The molecule has 2 aromatic rings. The van der Waals surface area contributed by atoms with Crippen molar-refractivity contribution in [3.05, 3.63) is 35.4 Å². The normalized spacial score (nSPS) is 11.7. The minimum atomic E-state index is -0.951. The van der Waals surface area contributed by atoms with Crippen molar-refractivity contribution in [1.82, 2.24) is 5.32 Å². The van der Waals surface area contributed by atoms with Gasteiger partial charge in [0, 0.05) is 20.8 Å². The van der Waals surface area contributed by atoms with E-state index in [9.17, 15) is 29.4 Å². The maximum atomic E-state index is 11.9. The first-order valence-corrected chi connectivity index (χ1v) is 32.5. The monoisotopic (exact) mass is 1230 g/mol. The third-order valence-electron chi connectivity index (χ3n) is 7.62. The van der Waals surface area contributed by atoms with Crippen LogP contribution in [0.25, 0.3) is 0 Å². The number of esters is 3. The van der Waals surface area contributed by atoms with E-state index in [0.717, 1.165) is 39.0 Å². The number of carbonyl (C=O) groups excluding carboxylic acids is 4. The second-order valence-corrected chi connectivity index (χ2v) is 47.4. The molecule has 1 aliphatic heterocycles. The summed E-state index contributed by atoms with van der Waals surface area (Å²) in [5, 5.41) is 29.2. The summed E-state index contributed by atoms with van der Waals surface area (Å²) >= 11 is 7.39. The summed E-state index contributed by atoms with van der Waals surface area (Å²) in [5.41, 5.74) is 5.24. The Labute approximate surface area is 391 Å². The minimum absolute atomic E-state index is 0.0172. The first-order valence-electron chi connectivity index (χ1n) is 19.0. The van der Waals surface area contributed by atoms with Gasteiger partial charge < -0.3 is 64.3 Å². The fourth-order valence-electron chi connectivity index (χ4n) is 4.61. The molecule has 0 saturated heterocycles. The summed E-state index contributed by atoms with van der Waals surface area (Å²) in [4.78, 5) is 45.9. The molecule has 0 bridgehead atoms. The molecule has 344 valence electrons. The first kappa shape index (κ1) is 59.9. The average molecular weight is 1230 g/mol. The number of aromatic hydroxyl groups is 2. The fraction of sp³-hybridized carbons (Fsp3) is 0.590. The van der Waals surface area contributed by atoms with Crippen LogP contribution in [0.5, 0.6) is 34.5 Å². The molecule has 0 aliphatic carbocycles. The Bertz CT molecular complexity index is 1500. The predicted molar refractivity (Wildman–Crippen MR) is 248 cm³/mol. The Balaban J connectivity index is 0. The van der Waals surface area contributed by atoms with E-state index in [1.807, 2.05) is 0 Å². The Kier molecular flexibility index (Phi) is 38.4. The van der Waals surface area contributed by atoms with E-state index in [2.05, 4.69) is 93.3 Å². The van der Waals surface area contributed by atoms with Gasteiger partial charge in [-0.25, -0.2) is 14.4 Å². The summed E-state index contributed by atoms with van der Waals surface area (Å²) < 4.78 is 39.8. The van der Waals surface area contributed by atoms with E-state index in [1.165, 1.54) is 98.0 Å². The van der Waals surface area contributed by atoms with Crippen LogP contribution in [0.4, 0.5) is 0 Å². The van der Waals surface area contributed by atoms with Crippen LogP contribution in [0.3, 0.4) is 0 Å². The molecule has 1 amide bonds. The number of nitrogens with one attached hydrogen (secondary N) is 1. The number of aliphatic hydroxyl groups excluding tert-OH is 1. The molecule has 0 aromatic heterocycles. The van der Waals surface area contributed by atoms with E-state index in [4.69, 9.17) is 34.5 Å². The Morgan fingerprint density at radius 3 is 1.68 bits per heavy atom. The molecular formula is C39H62I3N2O15V. The first-order chi connectivity index (χ1) is 28.7. The summed E-state index contributed by atoms with van der Waals surface area (Å²) in [7, 11) is 6.09. The number of hydrogen-bond acceptors (Lipinski definition) is 16. The number of phenols is 2. The molecule has 2 aromatic carbocycles. The van der Waals surface area contributed by atoms with Crippen LogP contribution in [-0.2, 0) is 33.5 Å². The number of amides is 1. The Hall–Kier alpha value is -2.23. The van der Waals surface area contributed by atoms with Crippen molar-refractivity contribution in [2.45, 2.75) is 91.0 Å². The molecule has 1 heterocycles. The number of aliphatic hydroxyl groups is 1. The zero-order valence-corrected chi connectivity index (χ0v) is 43.3. The van der Waals surface area contributed by atoms with Crippen molar-refractivity contribution in [2.24, 2.45) is 5.73 Å². The molecule has 0 spiro atoms. The Morgan fingerprint density at radius 1 is 0.717 bits per heavy atom. The number of methoxy groups -OCH3 is 4. The number of phenolic OH excluding ortho intramolecular Hbond substituents is 2. The average Bonchev–Trinajstić information content (AvgIpc) is 3.69. The summed E-state index contributed by atoms with van der Waals surface area (Å²) in [6, 6.07) is 5.11. The van der Waals surface area contributed by atoms with E-state index < -0.39 is 35.9 Å². The molecule has 0 fully saturated rings. The molecule has 0 saturated carbocycles. The van der Waals surface area contributed by atoms with Gasteiger partial charge in [-0.1, -0.05) is 71.6 Å². The van der Waals surface area contributed by atoms with Gasteiger partial charge in [0.1, 0.15) is 0 Å². The SMILES string of the molecule is CCCCCCCCCCCCNC(=O)COc1cc(C(=O)OC)cc(O)c1O.CCCN.CO.COC(=O)COc1cc(C(=O)OC)cc2c1OC(OC)O2.[I][V]([I])[I]. The van der Waals surface area contributed by atoms with Crippen molar-refractivity contribution in [3.63, 3.8) is 0 Å². The maximum absolute atomic E-state index is 11.9. The molecule has 0 radical (unpaired) electrons. The Morgan fingerprint density at radius 2 is 1.20 bits per heavy atom. The van der Waals surface area contributed by atoms with Crippen molar-refractivity contribution >= 4 is 83.8 Å². The topological polar surface area (TPSA) is 241 Å². The molecule has 17 nitrogen and oxygen atoms in total. The summed E-state index contributed by atoms with van der Waals surface area (Å²) in [5.74, 6) is -2.73. The van der Waals surface area contributed by atoms with Crippen LogP contribution in [0.2, 0.25) is 0 Å². The third-order valence-corrected chi connectivity index (χ3v) is 7.62. The molecule has 1 aliphatic rings. The molecular weight excluding hydrogens is 1170 g/mol. The van der Waals surface area contributed by atoms with Gasteiger partial charge in [-0.05, 0) is 43.7 Å². The van der Waals surface area contributed by atoms with Crippen LogP contribution in [-0.4, -0.2) is 107 Å². The van der Waals surface area contributed by atoms with E-state index in [0.29, 0.717) is 6.54 Å². The van der Waals surface area contributed by atoms with Gasteiger partial charge in [0.15, 0.2) is 36.2 Å². The van der Waals surface area contributed by atoms with Gasteiger partial charge in [0.05, 0.1) is 32.5 Å². The number of carbonyl (C=O) groups is 4. The van der Waals surface area contributed by atoms with Crippen LogP contribution < -0.4 is 30.0 Å². The zero-order chi connectivity index (χ0) is 45.9. The van der Waals surface area contributed by atoms with Gasteiger partial charge in [-0.2, -0.15) is 0 Å². The molecule has 6 N–H and O–H groups in total. The van der Waals surface area contributed by atoms with E-state index in [1.54, 1.807) is 0 Å². The number of hydrogen-bond donors (Lipinski definition) is 5. The molecule has 1 unspecified atom stereocenters. The standard InChI is InChI=1S/C22H35NO6.C13H14O8.C3H9N.CH4O.3HI.V/c1-3-4-5-6-7-8-9-10-11-12-13-23-20(25)16-29-19-15-17(22(27)28-2)14-18(24)21(19)26;1-16-10(14)6-19-8-4-7(12(15)17-2)5-9-11(8)21-13(18-3)20-9;1-2-3-4;1-2;;;;/h14-15,24,26H,3-13,16H2,1-2H3,(H,23,25);4-5,13H,6H2,1-3H3;2-4H2,1H3;2H,1H3;3*1H;/q;;;;;;;+3/p-3. The fourth-order valence-corrected chi connectivity index (χ4v) is 4.61. The van der Waals surface area contributed by atoms with Crippen molar-refractivity contribution in [2.75, 3.05) is 61.9 Å². The summed E-state index contributed by atoms with van der Waals surface area (Å²) in [6.07, 6.45) is 13.4. The predicted octanol–water partition coefficient (Wildman–Crippen LogP) is 7.64. The number of ether oxygens (including phenoxy) is 8. The van der Waals surface area contributed by atoms with Gasteiger partial charge in [0.25, 0.3) is 5.91 Å². The number of benzene rings is 2. The van der Waals surface area contributed by atoms with Crippen LogP contribution >= 0.6 is 59.9 Å². The van der Waals surface area contributed by atoms with E-state index >= 15 is 0 Å². The molecule has 1 atom stereocenters. The van der Waals surface area contributed by atoms with Crippen molar-refractivity contribution in [1.29, 1.82) is 0 Å². The second-order valence-electron chi connectivity index (χ2n) is 12.1. The number of nitrogens with two attached hydrogens (primary N) is 1. The third kappa shape index (κ3) is 27.7. The molecule has 3 rings (SSSR count). The molecule has 21 heteroatoms. The van der Waals surface area contributed by atoms with Crippen LogP contribution in [0.15, 0.2) is 24.3 Å². The van der Waals surface area contributed by atoms with Crippen molar-refractivity contribution in [3.8, 4) is 34.5 Å². The van der Waals surface area contributed by atoms with Crippen molar-refractivity contribution < 1.29 is 77.3 Å². The van der Waals surface area contributed by atoms with E-state index in [-0.39, 0.29) is 58.2 Å². The summed E-state index contributed by atoms with van der Waals surface area (Å²) in [6.45, 7) is 4.05. The number of rotatable bonds is 21. The quantitative estimate of drug-likeness (QED) is 0.0265. The van der Waals surface area contributed by atoms with Gasteiger partial charge in [-0.15, -0.1) is 0 Å². The number of unbranched alkanes of at least 4 members (excludes halogenated alkanes) is 9.